The number of anilines is 2. The number of nitrogens with two attached hydrogens (primary N) is 1. The zero-order valence-electron chi connectivity index (χ0n) is 11.7. The number of halogens is 3. The molecule has 1 aliphatic heterocycles. The zero-order valence-corrected chi connectivity index (χ0v) is 11.7. The van der Waals surface area contributed by atoms with E-state index in [2.05, 4.69) is 15.3 Å². The van der Waals surface area contributed by atoms with E-state index in [1.54, 1.807) is 0 Å². The normalized spacial score (nSPS) is 16.1. The first kappa shape index (κ1) is 14.8. The predicted molar refractivity (Wildman–Crippen MR) is 75.9 cm³/mol. The summed E-state index contributed by atoms with van der Waals surface area (Å²) in [7, 11) is 0. The average Bonchev–Trinajstić information content (AvgIpc) is 2.53. The van der Waals surface area contributed by atoms with Crippen LogP contribution >= 0.6 is 0 Å². The van der Waals surface area contributed by atoms with Gasteiger partial charge in [-0.25, -0.2) is 23.1 Å². The van der Waals surface area contributed by atoms with Crippen molar-refractivity contribution >= 4 is 22.4 Å². The molecule has 1 aromatic carbocycles. The Hall–Kier alpha value is -2.09. The van der Waals surface area contributed by atoms with Gasteiger partial charge in [-0.2, -0.15) is 0 Å². The summed E-state index contributed by atoms with van der Waals surface area (Å²) < 4.78 is 47.8. The van der Waals surface area contributed by atoms with E-state index >= 15 is 0 Å². The summed E-state index contributed by atoms with van der Waals surface area (Å²) in [5.74, 6) is -3.59. The molecule has 1 saturated heterocycles. The fourth-order valence-corrected chi connectivity index (χ4v) is 2.57. The molecule has 0 unspecified atom stereocenters. The van der Waals surface area contributed by atoms with Gasteiger partial charge in [0.2, 0.25) is 0 Å². The second-order valence-corrected chi connectivity index (χ2v) is 5.24. The molecule has 2 heterocycles. The summed E-state index contributed by atoms with van der Waals surface area (Å²) in [4.78, 5) is 7.22. The van der Waals surface area contributed by atoms with Gasteiger partial charge in [-0.05, 0) is 18.8 Å². The van der Waals surface area contributed by atoms with Gasteiger partial charge >= 0.3 is 0 Å². The highest BCUT2D eigenvalue weighted by molar-refractivity contribution is 5.91. The molecule has 118 valence electrons. The van der Waals surface area contributed by atoms with E-state index in [4.69, 9.17) is 10.5 Å². The summed E-state index contributed by atoms with van der Waals surface area (Å²) in [6, 6.07) is 0. The van der Waals surface area contributed by atoms with Crippen molar-refractivity contribution in [3.05, 3.63) is 23.8 Å². The lowest BCUT2D eigenvalue weighted by molar-refractivity contribution is 0.0699. The minimum Gasteiger partial charge on any atom is -0.383 e. The molecule has 0 radical (unpaired) electrons. The Morgan fingerprint density at radius 1 is 1.14 bits per heavy atom. The molecule has 1 aromatic heterocycles. The van der Waals surface area contributed by atoms with Crippen LogP contribution < -0.4 is 11.1 Å². The number of aromatic nitrogens is 2. The number of fused-ring (bicyclic) bond motifs is 1. The third-order valence-electron chi connectivity index (χ3n) is 3.84. The van der Waals surface area contributed by atoms with Crippen molar-refractivity contribution in [1.82, 2.24) is 9.97 Å². The van der Waals surface area contributed by atoms with Gasteiger partial charge in [0.05, 0.1) is 5.39 Å². The smallest absolute Gasteiger partial charge is 0.185 e. The third-order valence-corrected chi connectivity index (χ3v) is 3.84. The molecule has 0 atom stereocenters. The van der Waals surface area contributed by atoms with Gasteiger partial charge in [0.25, 0.3) is 0 Å². The molecule has 3 N–H and O–H groups in total. The van der Waals surface area contributed by atoms with Gasteiger partial charge in [0, 0.05) is 19.8 Å². The summed E-state index contributed by atoms with van der Waals surface area (Å²) in [5.41, 5.74) is 4.63. The first-order valence-electron chi connectivity index (χ1n) is 6.97. The minimum atomic E-state index is -1.31. The number of nitrogens with zero attached hydrogens (tertiary/aromatic N) is 2. The van der Waals surface area contributed by atoms with E-state index < -0.39 is 28.5 Å². The number of nitrogen functional groups attached to an aromatic ring is 1. The van der Waals surface area contributed by atoms with Crippen LogP contribution in [0.25, 0.3) is 10.9 Å². The molecular formula is C14H15F3N4O. The number of hydrogen-bond acceptors (Lipinski definition) is 5. The minimum absolute atomic E-state index is 0.224. The van der Waals surface area contributed by atoms with E-state index in [0.717, 1.165) is 19.2 Å². The second-order valence-electron chi connectivity index (χ2n) is 5.24. The van der Waals surface area contributed by atoms with Crippen molar-refractivity contribution in [2.75, 3.05) is 30.8 Å². The Kier molecular flexibility index (Phi) is 4.02. The van der Waals surface area contributed by atoms with Crippen LogP contribution in [0, 0.1) is 23.4 Å². The zero-order chi connectivity index (χ0) is 15.7. The van der Waals surface area contributed by atoms with Gasteiger partial charge < -0.3 is 15.8 Å². The predicted octanol–water partition coefficient (Wildman–Crippen LogP) is 2.47. The first-order valence-corrected chi connectivity index (χ1v) is 6.97. The summed E-state index contributed by atoms with van der Waals surface area (Å²) >= 11 is 0. The summed E-state index contributed by atoms with van der Waals surface area (Å²) in [6.45, 7) is 1.57. The molecule has 1 fully saturated rings. The van der Waals surface area contributed by atoms with Gasteiger partial charge in [-0.1, -0.05) is 0 Å². The fraction of sp³-hybridized carbons (Fsp3) is 0.429. The third kappa shape index (κ3) is 2.54. The van der Waals surface area contributed by atoms with Crippen LogP contribution in [0.1, 0.15) is 12.8 Å². The van der Waals surface area contributed by atoms with Crippen molar-refractivity contribution in [1.29, 1.82) is 0 Å². The molecule has 3 rings (SSSR count). The molecule has 0 bridgehead atoms. The van der Waals surface area contributed by atoms with Crippen molar-refractivity contribution in [2.24, 2.45) is 5.92 Å². The maximum Gasteiger partial charge on any atom is 0.185 e. The van der Waals surface area contributed by atoms with Crippen LogP contribution in [0.5, 0.6) is 0 Å². The molecule has 1 aliphatic rings. The van der Waals surface area contributed by atoms with Crippen LogP contribution in [0.15, 0.2) is 6.33 Å². The molecule has 2 aromatic rings. The van der Waals surface area contributed by atoms with Gasteiger partial charge in [-0.15, -0.1) is 0 Å². The Balaban J connectivity index is 1.95. The Labute approximate surface area is 124 Å². The topological polar surface area (TPSA) is 73.1 Å². The molecular weight excluding hydrogens is 297 g/mol. The van der Waals surface area contributed by atoms with Gasteiger partial charge in [0.15, 0.2) is 17.5 Å². The largest absolute Gasteiger partial charge is 0.383 e. The molecule has 8 heteroatoms. The molecule has 5 nitrogen and oxygen atoms in total. The van der Waals surface area contributed by atoms with E-state index in [1.165, 1.54) is 0 Å². The van der Waals surface area contributed by atoms with Crippen molar-refractivity contribution in [3.8, 4) is 0 Å². The number of benzene rings is 1. The number of hydrogen-bond donors (Lipinski definition) is 2. The molecule has 0 amide bonds. The Morgan fingerprint density at radius 2 is 1.86 bits per heavy atom. The van der Waals surface area contributed by atoms with Crippen LogP contribution in [-0.2, 0) is 4.74 Å². The summed E-state index contributed by atoms with van der Waals surface area (Å²) in [6.07, 6.45) is 2.60. The SMILES string of the molecule is Nc1ncnc2c(F)c(NCC3CCOCC3)c(F)c(F)c12. The number of ether oxygens (including phenoxy) is 1. The highest BCUT2D eigenvalue weighted by Gasteiger charge is 2.24. The van der Waals surface area contributed by atoms with E-state index in [0.29, 0.717) is 19.8 Å². The quantitative estimate of drug-likeness (QED) is 0.852. The highest BCUT2D eigenvalue weighted by atomic mass is 19.2. The number of rotatable bonds is 3. The molecule has 0 aliphatic carbocycles. The van der Waals surface area contributed by atoms with Crippen molar-refractivity contribution < 1.29 is 17.9 Å². The molecule has 0 saturated carbocycles. The average molecular weight is 312 g/mol. The maximum absolute atomic E-state index is 14.4. The van der Waals surface area contributed by atoms with Crippen LogP contribution in [0.3, 0.4) is 0 Å². The van der Waals surface area contributed by atoms with Crippen LogP contribution in [-0.4, -0.2) is 29.7 Å². The first-order chi connectivity index (χ1) is 10.6. The van der Waals surface area contributed by atoms with E-state index in [-0.39, 0.29) is 17.3 Å². The Bertz CT molecular complexity index is 704. The molecule has 0 spiro atoms. The molecule has 22 heavy (non-hydrogen) atoms. The standard InChI is InChI=1S/C14H15F3N4O/c15-9-8-12(20-6-21-14(8)18)11(17)13(10(9)16)19-5-7-1-3-22-4-2-7/h6-7,19H,1-5H2,(H2,18,20,21). The Morgan fingerprint density at radius 3 is 2.59 bits per heavy atom. The summed E-state index contributed by atoms with van der Waals surface area (Å²) in [5, 5.41) is 2.22. The van der Waals surface area contributed by atoms with Gasteiger partial charge in [0.1, 0.15) is 23.3 Å². The highest BCUT2D eigenvalue weighted by Crippen LogP contribution is 2.32. The number of nitrogens with one attached hydrogen (secondary N) is 1. The lowest BCUT2D eigenvalue weighted by Crippen LogP contribution is -2.23. The second kappa shape index (κ2) is 5.96. The monoisotopic (exact) mass is 312 g/mol. The fourth-order valence-electron chi connectivity index (χ4n) is 2.57. The van der Waals surface area contributed by atoms with Gasteiger partial charge in [-0.3, -0.25) is 0 Å². The van der Waals surface area contributed by atoms with E-state index in [1.807, 2.05) is 0 Å². The maximum atomic E-state index is 14.4. The lowest BCUT2D eigenvalue weighted by Gasteiger charge is -2.23. The van der Waals surface area contributed by atoms with E-state index in [9.17, 15) is 13.2 Å². The lowest BCUT2D eigenvalue weighted by atomic mass is 10.0. The van der Waals surface area contributed by atoms with Crippen LogP contribution in [0.2, 0.25) is 0 Å². The van der Waals surface area contributed by atoms with Crippen molar-refractivity contribution in [3.63, 3.8) is 0 Å². The van der Waals surface area contributed by atoms with Crippen LogP contribution in [0.4, 0.5) is 24.7 Å². The van der Waals surface area contributed by atoms with Crippen molar-refractivity contribution in [2.45, 2.75) is 12.8 Å².